The van der Waals surface area contributed by atoms with Gasteiger partial charge in [0, 0.05) is 49.9 Å². The number of carbonyl (C=O) groups excluding carboxylic acids is 3. The minimum absolute atomic E-state index is 0.0261. The van der Waals surface area contributed by atoms with Gasteiger partial charge in [0.25, 0.3) is 0 Å². The van der Waals surface area contributed by atoms with Crippen LogP contribution >= 0.6 is 0 Å². The van der Waals surface area contributed by atoms with E-state index in [1.165, 1.54) is 14.0 Å². The molecule has 0 aromatic carbocycles. The lowest BCUT2D eigenvalue weighted by Gasteiger charge is -2.54. The number of methoxy groups -OCH3 is 1. The topological polar surface area (TPSA) is 123 Å². The lowest BCUT2D eigenvalue weighted by atomic mass is 9.53. The van der Waals surface area contributed by atoms with Gasteiger partial charge in [-0.05, 0) is 56.9 Å². The van der Waals surface area contributed by atoms with Gasteiger partial charge in [0.15, 0.2) is 5.76 Å². The standard InChI is InChI=1S/C28H37NO8/c1-15(30)36-18-12-27(2)17(8-9-19(27)31)21-23(18)28(3)20(14-35-4)37-26(34)16(22(28)25(33)24(21)32)13-29-10-6-5-7-11-29/h13,17-20,31,33H,5-12,14H2,1-4H3/b16-13+/t17?,18-,19+,20-,27+,28+/m1/s1. The summed E-state index contributed by atoms with van der Waals surface area (Å²) >= 11 is 0. The van der Waals surface area contributed by atoms with Crippen LogP contribution in [0.25, 0.3) is 0 Å². The molecule has 9 heteroatoms. The Labute approximate surface area is 217 Å². The van der Waals surface area contributed by atoms with Crippen LogP contribution in [-0.2, 0) is 28.6 Å². The summed E-state index contributed by atoms with van der Waals surface area (Å²) in [7, 11) is 1.50. The van der Waals surface area contributed by atoms with Gasteiger partial charge in [0.1, 0.15) is 12.2 Å². The number of piperidine rings is 1. The first-order valence-corrected chi connectivity index (χ1v) is 13.3. The molecule has 0 amide bonds. The fourth-order valence-electron chi connectivity index (χ4n) is 7.50. The smallest absolute Gasteiger partial charge is 0.340 e. The van der Waals surface area contributed by atoms with Crippen LogP contribution in [0.5, 0.6) is 0 Å². The first kappa shape index (κ1) is 26.0. The first-order chi connectivity index (χ1) is 17.5. The minimum atomic E-state index is -1.17. The van der Waals surface area contributed by atoms with Crippen LogP contribution in [0.2, 0.25) is 0 Å². The molecule has 0 radical (unpaired) electrons. The lowest BCUT2D eigenvalue weighted by Crippen LogP contribution is -2.57. The van der Waals surface area contributed by atoms with Gasteiger partial charge in [0.2, 0.25) is 5.78 Å². The van der Waals surface area contributed by atoms with E-state index in [-0.39, 0.29) is 23.7 Å². The quantitative estimate of drug-likeness (QED) is 0.430. The Hall–Kier alpha value is -2.65. The molecule has 3 aliphatic carbocycles. The summed E-state index contributed by atoms with van der Waals surface area (Å²) in [6.45, 7) is 6.62. The summed E-state index contributed by atoms with van der Waals surface area (Å²) in [5, 5.41) is 22.5. The maximum Gasteiger partial charge on any atom is 0.340 e. The highest BCUT2D eigenvalue weighted by atomic mass is 16.6. The Morgan fingerprint density at radius 2 is 1.89 bits per heavy atom. The van der Waals surface area contributed by atoms with Gasteiger partial charge in [-0.25, -0.2) is 4.79 Å². The normalized spacial score (nSPS) is 38.8. The molecular formula is C28H37NO8. The van der Waals surface area contributed by atoms with Gasteiger partial charge in [-0.15, -0.1) is 0 Å². The molecule has 2 heterocycles. The summed E-state index contributed by atoms with van der Waals surface area (Å²) in [6, 6.07) is 0. The number of rotatable bonds is 4. The average molecular weight is 516 g/mol. The molecule has 1 saturated carbocycles. The van der Waals surface area contributed by atoms with E-state index in [1.807, 2.05) is 18.7 Å². The lowest BCUT2D eigenvalue weighted by molar-refractivity contribution is -0.161. The van der Waals surface area contributed by atoms with Crippen LogP contribution in [0.15, 0.2) is 34.3 Å². The van der Waals surface area contributed by atoms with Gasteiger partial charge in [0.05, 0.1) is 23.7 Å². The largest absolute Gasteiger partial charge is 0.504 e. The predicted octanol–water partition coefficient (Wildman–Crippen LogP) is 2.74. The summed E-state index contributed by atoms with van der Waals surface area (Å²) < 4.78 is 17.2. The number of cyclic esters (lactones) is 1. The Bertz CT molecular complexity index is 1120. The number of hydrogen-bond donors (Lipinski definition) is 2. The fraction of sp³-hybridized carbons (Fsp3) is 0.679. The second-order valence-corrected chi connectivity index (χ2v) is 11.5. The van der Waals surface area contributed by atoms with Crippen molar-refractivity contribution >= 4 is 17.7 Å². The van der Waals surface area contributed by atoms with E-state index in [0.717, 1.165) is 32.4 Å². The van der Waals surface area contributed by atoms with Crippen molar-refractivity contribution in [3.8, 4) is 0 Å². The number of allylic oxidation sites excluding steroid dienone is 1. The number of hydrogen-bond acceptors (Lipinski definition) is 9. The zero-order valence-corrected chi connectivity index (χ0v) is 22.0. The van der Waals surface area contributed by atoms with Crippen molar-refractivity contribution in [3.05, 3.63) is 34.3 Å². The highest BCUT2D eigenvalue weighted by Crippen LogP contribution is 2.63. The molecule has 5 rings (SSSR count). The number of ether oxygens (including phenoxy) is 3. The van der Waals surface area contributed by atoms with Gasteiger partial charge >= 0.3 is 11.9 Å². The number of carbonyl (C=O) groups is 3. The van der Waals surface area contributed by atoms with Gasteiger partial charge in [-0.1, -0.05) is 6.92 Å². The molecule has 5 aliphatic rings. The second-order valence-electron chi connectivity index (χ2n) is 11.5. The molecule has 6 atom stereocenters. The molecule has 2 N–H and O–H groups in total. The third-order valence-electron chi connectivity index (χ3n) is 9.36. The zero-order valence-electron chi connectivity index (χ0n) is 22.0. The Morgan fingerprint density at radius 1 is 1.19 bits per heavy atom. The Morgan fingerprint density at radius 3 is 2.54 bits per heavy atom. The SMILES string of the molecule is COC[C@H]1OC(=O)/C(=C/N2CCCCC2)C2=C(O)C(=O)C3=C([C@H](OC(C)=O)C[C@@]4(C)C3CC[C@@H]4O)[C@]21C. The van der Waals surface area contributed by atoms with Gasteiger partial charge < -0.3 is 29.3 Å². The third kappa shape index (κ3) is 3.84. The minimum Gasteiger partial charge on any atom is -0.504 e. The fourth-order valence-corrected chi connectivity index (χ4v) is 7.50. The summed E-state index contributed by atoms with van der Waals surface area (Å²) in [4.78, 5) is 41.6. The number of Topliss-reactive ketones (excluding diaryl/α,β-unsaturated/α-hetero) is 1. The van der Waals surface area contributed by atoms with Crippen molar-refractivity contribution in [2.45, 2.75) is 77.6 Å². The molecule has 37 heavy (non-hydrogen) atoms. The Kier molecular flexibility index (Phi) is 6.51. The summed E-state index contributed by atoms with van der Waals surface area (Å²) in [5.74, 6) is -2.50. The summed E-state index contributed by atoms with van der Waals surface area (Å²) in [6.07, 6.45) is 3.83. The third-order valence-corrected chi connectivity index (χ3v) is 9.36. The van der Waals surface area contributed by atoms with Crippen LogP contribution in [-0.4, -0.2) is 78.0 Å². The maximum absolute atomic E-state index is 14.0. The van der Waals surface area contributed by atoms with E-state index in [0.29, 0.717) is 30.4 Å². The molecule has 2 aliphatic heterocycles. The first-order valence-electron chi connectivity index (χ1n) is 13.3. The number of esters is 2. The summed E-state index contributed by atoms with van der Waals surface area (Å²) in [5.41, 5.74) is -0.590. The average Bonchev–Trinajstić information content (AvgIpc) is 3.14. The highest BCUT2D eigenvalue weighted by Gasteiger charge is 2.64. The molecular weight excluding hydrogens is 478 g/mol. The van der Waals surface area contributed by atoms with Crippen molar-refractivity contribution < 1.29 is 38.8 Å². The highest BCUT2D eigenvalue weighted by molar-refractivity contribution is 6.13. The van der Waals surface area contributed by atoms with Crippen molar-refractivity contribution in [1.29, 1.82) is 0 Å². The van der Waals surface area contributed by atoms with E-state index in [1.54, 1.807) is 6.20 Å². The van der Waals surface area contributed by atoms with E-state index < -0.39 is 52.6 Å². The predicted molar refractivity (Wildman–Crippen MR) is 132 cm³/mol. The number of likely N-dealkylation sites (tertiary alicyclic amines) is 1. The van der Waals surface area contributed by atoms with E-state index >= 15 is 0 Å². The molecule has 0 spiro atoms. The maximum atomic E-state index is 14.0. The number of aliphatic hydroxyl groups excluding tert-OH is 2. The van der Waals surface area contributed by atoms with E-state index in [2.05, 4.69) is 0 Å². The number of ketones is 1. The molecule has 0 aromatic rings. The van der Waals surface area contributed by atoms with Crippen LogP contribution in [0.1, 0.15) is 59.3 Å². The van der Waals surface area contributed by atoms with Gasteiger partial charge in [-0.3, -0.25) is 9.59 Å². The van der Waals surface area contributed by atoms with Gasteiger partial charge in [-0.2, -0.15) is 0 Å². The van der Waals surface area contributed by atoms with Crippen LogP contribution in [0.3, 0.4) is 0 Å². The van der Waals surface area contributed by atoms with Crippen molar-refractivity contribution in [2.24, 2.45) is 16.7 Å². The Balaban J connectivity index is 1.74. The molecule has 3 fully saturated rings. The van der Waals surface area contributed by atoms with Crippen molar-refractivity contribution in [2.75, 3.05) is 26.8 Å². The monoisotopic (exact) mass is 515 g/mol. The van der Waals surface area contributed by atoms with Crippen LogP contribution in [0, 0.1) is 16.7 Å². The number of nitrogens with zero attached hydrogens (tertiary/aromatic N) is 1. The molecule has 2 saturated heterocycles. The molecule has 0 aromatic heterocycles. The van der Waals surface area contributed by atoms with Crippen molar-refractivity contribution in [3.63, 3.8) is 0 Å². The van der Waals surface area contributed by atoms with Crippen molar-refractivity contribution in [1.82, 2.24) is 4.90 Å². The number of fused-ring (bicyclic) bond motifs is 4. The zero-order chi connectivity index (χ0) is 26.7. The van der Waals surface area contributed by atoms with Crippen LogP contribution < -0.4 is 0 Å². The second kappa shape index (κ2) is 9.27. The molecule has 202 valence electrons. The molecule has 9 nitrogen and oxygen atoms in total. The number of aliphatic hydroxyl groups is 2. The molecule has 1 unspecified atom stereocenters. The molecule has 0 bridgehead atoms. The van der Waals surface area contributed by atoms with E-state index in [4.69, 9.17) is 14.2 Å². The van der Waals surface area contributed by atoms with E-state index in [9.17, 15) is 24.6 Å². The van der Waals surface area contributed by atoms with Crippen LogP contribution in [0.4, 0.5) is 0 Å².